The Balaban J connectivity index is 1.96. The Bertz CT molecular complexity index is 726. The molecule has 132 valence electrons. The Hall–Kier alpha value is -2.03. The van der Waals surface area contributed by atoms with E-state index in [0.29, 0.717) is 12.0 Å². The summed E-state index contributed by atoms with van der Waals surface area (Å²) in [5.74, 6) is -0.696. The van der Waals surface area contributed by atoms with Crippen molar-refractivity contribution in [2.24, 2.45) is 0 Å². The molecule has 1 fully saturated rings. The predicted molar refractivity (Wildman–Crippen MR) is 82.0 cm³/mol. The summed E-state index contributed by atoms with van der Waals surface area (Å²) in [4.78, 5) is 13.4. The average molecular weight is 363 g/mol. The van der Waals surface area contributed by atoms with Gasteiger partial charge in [0.2, 0.25) is 5.91 Å². The zero-order valence-electron chi connectivity index (χ0n) is 12.8. The Morgan fingerprint density at radius 3 is 2.42 bits per heavy atom. The summed E-state index contributed by atoms with van der Waals surface area (Å²) in [6.07, 6.45) is -1.65. The Morgan fingerprint density at radius 2 is 1.92 bits per heavy atom. The molecule has 1 unspecified atom stereocenters. The first-order chi connectivity index (χ1) is 11.1. The van der Waals surface area contributed by atoms with Gasteiger partial charge < -0.3 is 9.64 Å². The standard InChI is InChI=1S/C15H16F3NO4S/c1-19(12-8-9-24(21,22)10-12)14(20)7-4-11-2-5-13(6-3-11)23-15(16,17)18/h2-7,12H,8-10H2,1H3. The van der Waals surface area contributed by atoms with E-state index in [1.165, 1.54) is 36.2 Å². The first-order valence-corrected chi connectivity index (χ1v) is 8.89. The fourth-order valence-corrected chi connectivity index (χ4v) is 4.10. The van der Waals surface area contributed by atoms with E-state index in [-0.39, 0.29) is 29.2 Å². The zero-order valence-corrected chi connectivity index (χ0v) is 13.6. The van der Waals surface area contributed by atoms with Gasteiger partial charge in [-0.2, -0.15) is 0 Å². The highest BCUT2D eigenvalue weighted by molar-refractivity contribution is 7.91. The first-order valence-electron chi connectivity index (χ1n) is 7.07. The maximum absolute atomic E-state index is 12.1. The average Bonchev–Trinajstić information content (AvgIpc) is 2.84. The highest BCUT2D eigenvalue weighted by Gasteiger charge is 2.32. The normalized spacial score (nSPS) is 20.2. The van der Waals surface area contributed by atoms with Gasteiger partial charge in [0.05, 0.1) is 11.5 Å². The molecule has 0 N–H and O–H groups in total. The molecule has 24 heavy (non-hydrogen) atoms. The highest BCUT2D eigenvalue weighted by Crippen LogP contribution is 2.23. The molecule has 5 nitrogen and oxygen atoms in total. The van der Waals surface area contributed by atoms with Crippen LogP contribution < -0.4 is 4.74 Å². The molecule has 2 rings (SSSR count). The molecule has 0 saturated carbocycles. The van der Waals surface area contributed by atoms with Gasteiger partial charge in [0.1, 0.15) is 5.75 Å². The van der Waals surface area contributed by atoms with Crippen molar-refractivity contribution < 1.29 is 31.1 Å². The number of sulfone groups is 1. The van der Waals surface area contributed by atoms with E-state index in [2.05, 4.69) is 4.74 Å². The number of nitrogens with zero attached hydrogens (tertiary/aromatic N) is 1. The van der Waals surface area contributed by atoms with Crippen molar-refractivity contribution in [3.05, 3.63) is 35.9 Å². The fraction of sp³-hybridized carbons (Fsp3) is 0.400. The van der Waals surface area contributed by atoms with Crippen LogP contribution in [0.25, 0.3) is 6.08 Å². The maximum Gasteiger partial charge on any atom is 0.573 e. The van der Waals surface area contributed by atoms with Crippen LogP contribution in [-0.2, 0) is 14.6 Å². The van der Waals surface area contributed by atoms with Crippen LogP contribution in [0.2, 0.25) is 0 Å². The number of ether oxygens (including phenoxy) is 1. The summed E-state index contributed by atoms with van der Waals surface area (Å²) in [6.45, 7) is 0. The van der Waals surface area contributed by atoms with Gasteiger partial charge in [-0.3, -0.25) is 4.79 Å². The molecule has 1 aliphatic heterocycles. The number of rotatable bonds is 4. The van der Waals surface area contributed by atoms with E-state index in [1.807, 2.05) is 0 Å². The van der Waals surface area contributed by atoms with Crippen LogP contribution in [0.15, 0.2) is 30.3 Å². The van der Waals surface area contributed by atoms with Gasteiger partial charge in [0, 0.05) is 19.2 Å². The summed E-state index contributed by atoms with van der Waals surface area (Å²) in [5.41, 5.74) is 0.519. The minimum atomic E-state index is -4.75. The number of hydrogen-bond donors (Lipinski definition) is 0. The molecule has 0 aromatic heterocycles. The predicted octanol–water partition coefficient (Wildman–Crippen LogP) is 2.24. The molecule has 1 aromatic carbocycles. The summed E-state index contributed by atoms with van der Waals surface area (Å²) >= 11 is 0. The van der Waals surface area contributed by atoms with Crippen molar-refractivity contribution in [3.8, 4) is 5.75 Å². The summed E-state index contributed by atoms with van der Waals surface area (Å²) < 4.78 is 62.8. The number of carbonyl (C=O) groups is 1. The monoisotopic (exact) mass is 363 g/mol. The Morgan fingerprint density at radius 1 is 1.29 bits per heavy atom. The molecule has 1 atom stereocenters. The number of halogens is 3. The third-order valence-corrected chi connectivity index (χ3v) is 5.39. The molecular weight excluding hydrogens is 347 g/mol. The number of carbonyl (C=O) groups excluding carboxylic acids is 1. The Labute approximate surface area is 137 Å². The third kappa shape index (κ3) is 5.26. The van der Waals surface area contributed by atoms with Crippen molar-refractivity contribution in [1.29, 1.82) is 0 Å². The van der Waals surface area contributed by atoms with Crippen LogP contribution in [0.3, 0.4) is 0 Å². The van der Waals surface area contributed by atoms with E-state index in [1.54, 1.807) is 0 Å². The molecule has 1 amide bonds. The molecule has 0 bridgehead atoms. The van der Waals surface area contributed by atoms with Crippen LogP contribution in [0.4, 0.5) is 13.2 Å². The second-order valence-electron chi connectivity index (χ2n) is 5.46. The third-order valence-electron chi connectivity index (χ3n) is 3.64. The highest BCUT2D eigenvalue weighted by atomic mass is 32.2. The van der Waals surface area contributed by atoms with Gasteiger partial charge in [0.25, 0.3) is 0 Å². The molecular formula is C15H16F3NO4S. The topological polar surface area (TPSA) is 63.7 Å². The molecule has 1 aliphatic rings. The lowest BCUT2D eigenvalue weighted by atomic mass is 10.2. The minimum Gasteiger partial charge on any atom is -0.406 e. The molecule has 0 spiro atoms. The molecule has 1 aromatic rings. The van der Waals surface area contributed by atoms with Crippen LogP contribution in [-0.4, -0.2) is 50.2 Å². The molecule has 1 heterocycles. The number of amides is 1. The van der Waals surface area contributed by atoms with Crippen LogP contribution in [0.5, 0.6) is 5.75 Å². The SMILES string of the molecule is CN(C(=O)C=Cc1ccc(OC(F)(F)F)cc1)C1CCS(=O)(=O)C1. The van der Waals surface area contributed by atoms with Gasteiger partial charge in [-0.25, -0.2) is 8.42 Å². The number of likely N-dealkylation sites (N-methyl/N-ethyl adjacent to an activating group) is 1. The largest absolute Gasteiger partial charge is 0.573 e. The molecule has 0 aliphatic carbocycles. The van der Waals surface area contributed by atoms with E-state index in [0.717, 1.165) is 12.1 Å². The van der Waals surface area contributed by atoms with Gasteiger partial charge in [-0.05, 0) is 30.2 Å². The van der Waals surface area contributed by atoms with E-state index in [4.69, 9.17) is 0 Å². The number of hydrogen-bond acceptors (Lipinski definition) is 4. The second kappa shape index (κ2) is 6.84. The Kier molecular flexibility index (Phi) is 5.22. The lowest BCUT2D eigenvalue weighted by Gasteiger charge is -2.21. The van der Waals surface area contributed by atoms with Gasteiger partial charge >= 0.3 is 6.36 Å². The summed E-state index contributed by atoms with van der Waals surface area (Å²) in [7, 11) is -1.56. The van der Waals surface area contributed by atoms with Gasteiger partial charge in [-0.15, -0.1) is 13.2 Å². The number of alkyl halides is 3. The molecule has 1 saturated heterocycles. The van der Waals surface area contributed by atoms with E-state index in [9.17, 15) is 26.4 Å². The second-order valence-corrected chi connectivity index (χ2v) is 7.68. The van der Waals surface area contributed by atoms with E-state index < -0.39 is 16.2 Å². The maximum atomic E-state index is 12.1. The number of benzene rings is 1. The smallest absolute Gasteiger partial charge is 0.406 e. The quantitative estimate of drug-likeness (QED) is 0.770. The van der Waals surface area contributed by atoms with Crippen molar-refractivity contribution in [2.75, 3.05) is 18.6 Å². The molecule has 9 heteroatoms. The van der Waals surface area contributed by atoms with Crippen molar-refractivity contribution >= 4 is 21.8 Å². The zero-order chi connectivity index (χ0) is 18.0. The lowest BCUT2D eigenvalue weighted by molar-refractivity contribution is -0.274. The van der Waals surface area contributed by atoms with Gasteiger partial charge in [-0.1, -0.05) is 12.1 Å². The van der Waals surface area contributed by atoms with Crippen LogP contribution in [0, 0.1) is 0 Å². The van der Waals surface area contributed by atoms with Crippen molar-refractivity contribution in [1.82, 2.24) is 4.90 Å². The molecule has 0 radical (unpaired) electrons. The summed E-state index contributed by atoms with van der Waals surface area (Å²) in [5, 5.41) is 0. The minimum absolute atomic E-state index is 0.0490. The van der Waals surface area contributed by atoms with Crippen molar-refractivity contribution in [2.45, 2.75) is 18.8 Å². The lowest BCUT2D eigenvalue weighted by Crippen LogP contribution is -2.36. The van der Waals surface area contributed by atoms with E-state index >= 15 is 0 Å². The van der Waals surface area contributed by atoms with Crippen molar-refractivity contribution in [3.63, 3.8) is 0 Å². The van der Waals surface area contributed by atoms with Crippen LogP contribution in [0.1, 0.15) is 12.0 Å². The fourth-order valence-electron chi connectivity index (χ4n) is 2.33. The summed E-state index contributed by atoms with van der Waals surface area (Å²) in [6, 6.07) is 4.70. The first kappa shape index (κ1) is 18.3. The van der Waals surface area contributed by atoms with Gasteiger partial charge in [0.15, 0.2) is 9.84 Å². The van der Waals surface area contributed by atoms with Crippen LogP contribution >= 0.6 is 0 Å².